The van der Waals surface area contributed by atoms with Crippen molar-refractivity contribution in [3.63, 3.8) is 0 Å². The van der Waals surface area contributed by atoms with Crippen molar-refractivity contribution in [1.29, 1.82) is 0 Å². The van der Waals surface area contributed by atoms with E-state index in [4.69, 9.17) is 23.2 Å². The van der Waals surface area contributed by atoms with E-state index in [1.807, 2.05) is 0 Å². The van der Waals surface area contributed by atoms with E-state index in [0.29, 0.717) is 6.42 Å². The Bertz CT molecular complexity index is 1000. The summed E-state index contributed by atoms with van der Waals surface area (Å²) in [6, 6.07) is 4.45. The van der Waals surface area contributed by atoms with Crippen LogP contribution in [0.4, 0.5) is 5.69 Å². The monoisotopic (exact) mass is 419 g/mol. The molecule has 0 amide bonds. The van der Waals surface area contributed by atoms with Gasteiger partial charge in [0.1, 0.15) is 5.75 Å². The van der Waals surface area contributed by atoms with E-state index in [1.54, 1.807) is 6.07 Å². The Morgan fingerprint density at radius 3 is 2.36 bits per heavy atom. The maximum Gasteiger partial charge on any atom is 0.338 e. The van der Waals surface area contributed by atoms with Crippen LogP contribution in [0.5, 0.6) is 5.75 Å². The van der Waals surface area contributed by atoms with Gasteiger partial charge in [-0.25, -0.2) is 4.79 Å². The summed E-state index contributed by atoms with van der Waals surface area (Å²) >= 11 is 12.2. The van der Waals surface area contributed by atoms with Crippen LogP contribution in [0.2, 0.25) is 10.0 Å². The number of phenols is 1. The summed E-state index contributed by atoms with van der Waals surface area (Å²) in [5.74, 6) is -2.04. The molecule has 0 fully saturated rings. The van der Waals surface area contributed by atoms with Gasteiger partial charge in [0.2, 0.25) is 0 Å². The number of rotatable bonds is 3. The van der Waals surface area contributed by atoms with Crippen LogP contribution < -0.4 is 4.90 Å². The SMILES string of the molecule is O=C(O)c1c(Cl)ccc(Cl)c1C(=O)c1cc2c3c(c1O)CCCN3CCCC2. The number of carboxylic acids is 1. The highest BCUT2D eigenvalue weighted by Gasteiger charge is 2.31. The van der Waals surface area contributed by atoms with Crippen molar-refractivity contribution in [2.45, 2.75) is 32.1 Å². The Morgan fingerprint density at radius 2 is 1.64 bits per heavy atom. The molecule has 5 nitrogen and oxygen atoms in total. The quantitative estimate of drug-likeness (QED) is 0.703. The van der Waals surface area contributed by atoms with Gasteiger partial charge in [0.25, 0.3) is 0 Å². The van der Waals surface area contributed by atoms with Crippen molar-refractivity contribution in [1.82, 2.24) is 0 Å². The van der Waals surface area contributed by atoms with Gasteiger partial charge in [-0.3, -0.25) is 4.79 Å². The number of carbonyl (C=O) groups excluding carboxylic acids is 1. The zero-order chi connectivity index (χ0) is 20.0. The molecule has 2 aliphatic heterocycles. The Balaban J connectivity index is 1.93. The zero-order valence-corrected chi connectivity index (χ0v) is 16.6. The van der Waals surface area contributed by atoms with Crippen LogP contribution in [-0.4, -0.2) is 35.1 Å². The van der Waals surface area contributed by atoms with Gasteiger partial charge in [0.05, 0.1) is 26.7 Å². The standard InChI is InChI=1S/C21H19Cl2NO4/c22-14-6-7-15(23)17(21(27)28)16(14)20(26)13-10-11-4-1-2-8-24-9-3-5-12(18(11)24)19(13)25/h6-7,10,25H,1-5,8-9H2,(H,27,28). The number of hydrogen-bond acceptors (Lipinski definition) is 4. The molecule has 2 N–H and O–H groups in total. The van der Waals surface area contributed by atoms with Gasteiger partial charge in [0, 0.05) is 24.3 Å². The van der Waals surface area contributed by atoms with E-state index in [9.17, 15) is 19.8 Å². The highest BCUT2D eigenvalue weighted by Crippen LogP contribution is 2.43. The molecule has 2 aromatic rings. The third kappa shape index (κ3) is 3.03. The second-order valence-corrected chi connectivity index (χ2v) is 8.03. The number of ketones is 1. The van der Waals surface area contributed by atoms with Crippen molar-refractivity contribution in [2.75, 3.05) is 18.0 Å². The number of phenolic OH excluding ortho intramolecular Hbond substituents is 1. The van der Waals surface area contributed by atoms with Crippen molar-refractivity contribution in [3.05, 3.63) is 56.1 Å². The summed E-state index contributed by atoms with van der Waals surface area (Å²) in [7, 11) is 0. The Hall–Kier alpha value is -2.24. The number of hydrogen-bond donors (Lipinski definition) is 2. The number of aromatic hydroxyl groups is 1. The summed E-state index contributed by atoms with van der Waals surface area (Å²) in [5, 5.41) is 20.4. The molecular formula is C21H19Cl2NO4. The van der Waals surface area contributed by atoms with Crippen LogP contribution >= 0.6 is 23.2 Å². The van der Waals surface area contributed by atoms with Gasteiger partial charge < -0.3 is 15.1 Å². The first-order valence-electron chi connectivity index (χ1n) is 9.28. The van der Waals surface area contributed by atoms with E-state index in [-0.39, 0.29) is 32.5 Å². The first-order chi connectivity index (χ1) is 13.4. The van der Waals surface area contributed by atoms with Crippen LogP contribution in [-0.2, 0) is 12.8 Å². The number of benzene rings is 2. The molecule has 0 bridgehead atoms. The highest BCUT2D eigenvalue weighted by atomic mass is 35.5. The van der Waals surface area contributed by atoms with Crippen LogP contribution in [0.25, 0.3) is 0 Å². The molecule has 2 aromatic carbocycles. The van der Waals surface area contributed by atoms with Crippen LogP contribution in [0.3, 0.4) is 0 Å². The summed E-state index contributed by atoms with van der Waals surface area (Å²) < 4.78 is 0. The average Bonchev–Trinajstić information content (AvgIpc) is 2.88. The molecule has 0 radical (unpaired) electrons. The normalized spacial score (nSPS) is 15.7. The summed E-state index contributed by atoms with van der Waals surface area (Å²) in [6.07, 6.45) is 4.45. The molecule has 0 atom stereocenters. The summed E-state index contributed by atoms with van der Waals surface area (Å²) in [5.41, 5.74) is 2.37. The third-order valence-corrected chi connectivity index (χ3v) is 6.16. The van der Waals surface area contributed by atoms with Gasteiger partial charge >= 0.3 is 5.97 Å². The van der Waals surface area contributed by atoms with Gasteiger partial charge in [-0.2, -0.15) is 0 Å². The van der Waals surface area contributed by atoms with Crippen molar-refractivity contribution in [2.24, 2.45) is 0 Å². The van der Waals surface area contributed by atoms with E-state index in [2.05, 4.69) is 4.90 Å². The highest BCUT2D eigenvalue weighted by molar-refractivity contribution is 6.39. The van der Waals surface area contributed by atoms with Gasteiger partial charge in [-0.15, -0.1) is 0 Å². The first kappa shape index (κ1) is 19.1. The molecule has 0 aliphatic carbocycles. The second kappa shape index (κ2) is 7.30. The maximum absolute atomic E-state index is 13.3. The summed E-state index contributed by atoms with van der Waals surface area (Å²) in [6.45, 7) is 1.88. The van der Waals surface area contributed by atoms with Crippen LogP contribution in [0.15, 0.2) is 18.2 Å². The Kier molecular flexibility index (Phi) is 4.98. The molecule has 0 saturated carbocycles. The number of aromatic carboxylic acids is 1. The number of carbonyl (C=O) groups is 2. The van der Waals surface area contributed by atoms with E-state index in [0.717, 1.165) is 55.6 Å². The summed E-state index contributed by atoms with van der Waals surface area (Å²) in [4.78, 5) is 27.3. The number of nitrogens with zero attached hydrogens (tertiary/aromatic N) is 1. The second-order valence-electron chi connectivity index (χ2n) is 7.22. The predicted octanol–water partition coefficient (Wildman–Crippen LogP) is 4.72. The molecule has 28 heavy (non-hydrogen) atoms. The van der Waals surface area contributed by atoms with Gasteiger partial charge in [-0.1, -0.05) is 23.2 Å². The van der Waals surface area contributed by atoms with Crippen LogP contribution in [0.1, 0.15) is 56.7 Å². The fraction of sp³-hybridized carbons (Fsp3) is 0.333. The molecule has 0 spiro atoms. The minimum absolute atomic E-state index is 0.00332. The fourth-order valence-electron chi connectivity index (χ4n) is 4.29. The van der Waals surface area contributed by atoms with Gasteiger partial charge in [0.15, 0.2) is 5.78 Å². The minimum atomic E-state index is -1.34. The van der Waals surface area contributed by atoms with Crippen molar-refractivity contribution >= 4 is 40.6 Å². The maximum atomic E-state index is 13.3. The third-order valence-electron chi connectivity index (χ3n) is 5.53. The Morgan fingerprint density at radius 1 is 0.964 bits per heavy atom. The van der Waals surface area contributed by atoms with Crippen molar-refractivity contribution < 1.29 is 19.8 Å². The largest absolute Gasteiger partial charge is 0.507 e. The van der Waals surface area contributed by atoms with E-state index < -0.39 is 11.8 Å². The molecular weight excluding hydrogens is 401 g/mol. The average molecular weight is 420 g/mol. The fourth-order valence-corrected chi connectivity index (χ4v) is 4.77. The molecule has 0 unspecified atom stereocenters. The zero-order valence-electron chi connectivity index (χ0n) is 15.1. The topological polar surface area (TPSA) is 77.8 Å². The minimum Gasteiger partial charge on any atom is -0.507 e. The van der Waals surface area contributed by atoms with E-state index >= 15 is 0 Å². The van der Waals surface area contributed by atoms with Crippen molar-refractivity contribution in [3.8, 4) is 5.75 Å². The smallest absolute Gasteiger partial charge is 0.338 e. The molecule has 7 heteroatoms. The molecule has 0 aromatic heterocycles. The number of halogens is 2. The first-order valence-corrected chi connectivity index (χ1v) is 10.0. The van der Waals surface area contributed by atoms with Gasteiger partial charge in [-0.05, 0) is 55.9 Å². The molecule has 2 heterocycles. The number of anilines is 1. The lowest BCUT2D eigenvalue weighted by molar-refractivity contribution is 0.0693. The Labute approximate surface area is 172 Å². The number of aryl methyl sites for hydroxylation is 1. The molecule has 2 aliphatic rings. The lowest BCUT2D eigenvalue weighted by atomic mass is 9.89. The van der Waals surface area contributed by atoms with E-state index in [1.165, 1.54) is 12.1 Å². The molecule has 4 rings (SSSR count). The van der Waals surface area contributed by atoms with Crippen LogP contribution in [0, 0.1) is 0 Å². The molecule has 0 saturated heterocycles. The number of carboxylic acid groups (broad SMARTS) is 1. The lowest BCUT2D eigenvalue weighted by Gasteiger charge is -2.33. The predicted molar refractivity (Wildman–Crippen MR) is 108 cm³/mol. The molecule has 146 valence electrons. The lowest BCUT2D eigenvalue weighted by Crippen LogP contribution is -2.30.